The minimum absolute atomic E-state index is 0.0514. The summed E-state index contributed by atoms with van der Waals surface area (Å²) in [5.74, 6) is -0.0514. The highest BCUT2D eigenvalue weighted by Crippen LogP contribution is 2.26. The van der Waals surface area contributed by atoms with E-state index in [0.29, 0.717) is 10.2 Å². The number of rotatable bonds is 6. The second-order valence-corrected chi connectivity index (χ2v) is 9.51. The number of hydrogen-bond acceptors (Lipinski definition) is 6. The van der Waals surface area contributed by atoms with Gasteiger partial charge in [0, 0.05) is 34.9 Å². The van der Waals surface area contributed by atoms with Crippen LogP contribution >= 0.6 is 34.7 Å². The van der Waals surface area contributed by atoms with E-state index in [1.807, 2.05) is 36.6 Å². The Morgan fingerprint density at radius 1 is 1.37 bits per heavy atom. The zero-order valence-corrected chi connectivity index (χ0v) is 18.0. The van der Waals surface area contributed by atoms with Gasteiger partial charge in [0.25, 0.3) is 0 Å². The van der Waals surface area contributed by atoms with Crippen LogP contribution in [0.5, 0.6) is 0 Å². The SMILES string of the molecule is C[C@@H]1CN(Cc2csc(NC(=O)[C@@H](C)Sc3ccc(Cl)cc3)n2)C[C@H](C)O1. The Labute approximate surface area is 173 Å². The topological polar surface area (TPSA) is 54.5 Å². The van der Waals surface area contributed by atoms with Crippen LogP contribution in [0, 0.1) is 0 Å². The number of nitrogens with zero attached hydrogens (tertiary/aromatic N) is 2. The summed E-state index contributed by atoms with van der Waals surface area (Å²) in [5.41, 5.74) is 0.981. The molecule has 0 bridgehead atoms. The summed E-state index contributed by atoms with van der Waals surface area (Å²) in [6.45, 7) is 8.65. The van der Waals surface area contributed by atoms with E-state index in [1.165, 1.54) is 23.1 Å². The van der Waals surface area contributed by atoms with Gasteiger partial charge in [0.1, 0.15) is 0 Å². The van der Waals surface area contributed by atoms with Crippen molar-refractivity contribution in [3.8, 4) is 0 Å². The van der Waals surface area contributed by atoms with Gasteiger partial charge in [0.2, 0.25) is 5.91 Å². The summed E-state index contributed by atoms with van der Waals surface area (Å²) in [6.07, 6.45) is 0.467. The molecule has 1 N–H and O–H groups in total. The number of anilines is 1. The number of amides is 1. The number of aromatic nitrogens is 1. The lowest BCUT2D eigenvalue weighted by Gasteiger charge is -2.34. The van der Waals surface area contributed by atoms with Gasteiger partial charge in [-0.15, -0.1) is 23.1 Å². The van der Waals surface area contributed by atoms with Crippen LogP contribution < -0.4 is 5.32 Å². The molecular weight excluding hydrogens is 402 g/mol. The molecule has 0 spiro atoms. The van der Waals surface area contributed by atoms with Gasteiger partial charge in [-0.25, -0.2) is 4.98 Å². The maximum atomic E-state index is 12.5. The number of halogens is 1. The molecule has 1 fully saturated rings. The average molecular weight is 426 g/mol. The lowest BCUT2D eigenvalue weighted by Crippen LogP contribution is -2.44. The molecule has 1 aliphatic rings. The van der Waals surface area contributed by atoms with Crippen LogP contribution in [0.3, 0.4) is 0 Å². The molecule has 0 radical (unpaired) electrons. The van der Waals surface area contributed by atoms with Crippen LogP contribution in [-0.2, 0) is 16.1 Å². The van der Waals surface area contributed by atoms with Crippen molar-refractivity contribution >= 4 is 45.7 Å². The molecule has 2 aromatic rings. The minimum Gasteiger partial charge on any atom is -0.373 e. The predicted octanol–water partition coefficient (Wildman–Crippen LogP) is 4.53. The maximum Gasteiger partial charge on any atom is 0.239 e. The van der Waals surface area contributed by atoms with E-state index in [2.05, 4.69) is 29.0 Å². The number of hydrogen-bond donors (Lipinski definition) is 1. The monoisotopic (exact) mass is 425 g/mol. The predicted molar refractivity (Wildman–Crippen MR) is 113 cm³/mol. The molecule has 0 saturated carbocycles. The zero-order valence-electron chi connectivity index (χ0n) is 15.6. The first-order chi connectivity index (χ1) is 12.9. The number of thiazole rings is 1. The summed E-state index contributed by atoms with van der Waals surface area (Å²) in [6, 6.07) is 7.50. The van der Waals surface area contributed by atoms with E-state index in [4.69, 9.17) is 16.3 Å². The maximum absolute atomic E-state index is 12.5. The standard InChI is InChI=1S/C19H24ClN3O2S2/c1-12-8-23(9-13(2)25-12)10-16-11-26-19(21-16)22-18(24)14(3)27-17-6-4-15(20)5-7-17/h4-7,11-14H,8-10H2,1-3H3,(H,21,22,24)/t12-,13+,14-/m1/s1. The lowest BCUT2D eigenvalue weighted by molar-refractivity contribution is -0.115. The fourth-order valence-corrected chi connectivity index (χ4v) is 4.76. The number of nitrogens with one attached hydrogen (secondary N) is 1. The molecule has 1 aromatic heterocycles. The molecule has 3 atom stereocenters. The van der Waals surface area contributed by atoms with Gasteiger partial charge in [-0.3, -0.25) is 9.69 Å². The molecule has 0 aliphatic carbocycles. The van der Waals surface area contributed by atoms with Crippen LogP contribution in [0.4, 0.5) is 5.13 Å². The molecular formula is C19H24ClN3O2S2. The van der Waals surface area contributed by atoms with Gasteiger partial charge >= 0.3 is 0 Å². The molecule has 1 saturated heterocycles. The van der Waals surface area contributed by atoms with E-state index < -0.39 is 0 Å². The third-order valence-corrected chi connectivity index (χ3v) is 6.33. The molecule has 1 amide bonds. The molecule has 0 unspecified atom stereocenters. The van der Waals surface area contributed by atoms with Crippen molar-refractivity contribution in [1.82, 2.24) is 9.88 Å². The fraction of sp³-hybridized carbons (Fsp3) is 0.474. The van der Waals surface area contributed by atoms with Gasteiger partial charge in [0.05, 0.1) is 23.2 Å². The first kappa shape index (κ1) is 20.6. The first-order valence-electron chi connectivity index (χ1n) is 8.94. The molecule has 2 heterocycles. The van der Waals surface area contributed by atoms with Crippen LogP contribution in [0.2, 0.25) is 5.02 Å². The third-order valence-electron chi connectivity index (χ3n) is 4.16. The Balaban J connectivity index is 1.52. The minimum atomic E-state index is -0.223. The Morgan fingerprint density at radius 3 is 2.70 bits per heavy atom. The summed E-state index contributed by atoms with van der Waals surface area (Å²) < 4.78 is 5.77. The number of morpholine rings is 1. The number of benzene rings is 1. The molecule has 146 valence electrons. The van der Waals surface area contributed by atoms with Crippen molar-refractivity contribution in [3.63, 3.8) is 0 Å². The number of carbonyl (C=O) groups is 1. The number of thioether (sulfide) groups is 1. The highest BCUT2D eigenvalue weighted by atomic mass is 35.5. The highest BCUT2D eigenvalue weighted by molar-refractivity contribution is 8.00. The van der Waals surface area contributed by atoms with Gasteiger partial charge in [0.15, 0.2) is 5.13 Å². The second kappa shape index (κ2) is 9.39. The smallest absolute Gasteiger partial charge is 0.239 e. The van der Waals surface area contributed by atoms with Crippen LogP contribution in [0.15, 0.2) is 34.5 Å². The summed E-state index contributed by atoms with van der Waals surface area (Å²) >= 11 is 8.87. The Kier molecular flexibility index (Phi) is 7.16. The van der Waals surface area contributed by atoms with Gasteiger partial charge < -0.3 is 10.1 Å². The van der Waals surface area contributed by atoms with Crippen molar-refractivity contribution in [2.24, 2.45) is 0 Å². The molecule has 1 aromatic carbocycles. The molecule has 5 nitrogen and oxygen atoms in total. The molecule has 3 rings (SSSR count). The normalized spacial score (nSPS) is 21.8. The average Bonchev–Trinajstić information content (AvgIpc) is 3.02. The van der Waals surface area contributed by atoms with Crippen molar-refractivity contribution in [3.05, 3.63) is 40.4 Å². The Morgan fingerprint density at radius 2 is 2.04 bits per heavy atom. The van der Waals surface area contributed by atoms with Gasteiger partial charge in [-0.1, -0.05) is 11.6 Å². The van der Waals surface area contributed by atoms with Crippen molar-refractivity contribution in [1.29, 1.82) is 0 Å². The summed E-state index contributed by atoms with van der Waals surface area (Å²) in [7, 11) is 0. The van der Waals surface area contributed by atoms with Crippen molar-refractivity contribution in [2.75, 3.05) is 18.4 Å². The van der Waals surface area contributed by atoms with Crippen molar-refractivity contribution in [2.45, 2.75) is 49.7 Å². The fourth-order valence-electron chi connectivity index (χ4n) is 3.06. The largest absolute Gasteiger partial charge is 0.373 e. The van der Waals surface area contributed by atoms with E-state index in [0.717, 1.165) is 30.2 Å². The van der Waals surface area contributed by atoms with Gasteiger partial charge in [-0.05, 0) is 45.0 Å². The van der Waals surface area contributed by atoms with E-state index >= 15 is 0 Å². The van der Waals surface area contributed by atoms with E-state index in [-0.39, 0.29) is 23.4 Å². The number of carbonyl (C=O) groups excluding carboxylic acids is 1. The molecule has 27 heavy (non-hydrogen) atoms. The third kappa shape index (κ3) is 6.19. The van der Waals surface area contributed by atoms with Crippen LogP contribution in [0.25, 0.3) is 0 Å². The van der Waals surface area contributed by atoms with Gasteiger partial charge in [-0.2, -0.15) is 0 Å². The first-order valence-corrected chi connectivity index (χ1v) is 11.1. The summed E-state index contributed by atoms with van der Waals surface area (Å²) in [4.78, 5) is 20.4. The summed E-state index contributed by atoms with van der Waals surface area (Å²) in [5, 5.41) is 6.05. The van der Waals surface area contributed by atoms with E-state index in [1.54, 1.807) is 0 Å². The van der Waals surface area contributed by atoms with Crippen LogP contribution in [-0.4, -0.2) is 46.3 Å². The molecule has 8 heteroatoms. The second-order valence-electron chi connectivity index (χ2n) is 6.80. The van der Waals surface area contributed by atoms with Crippen LogP contribution in [0.1, 0.15) is 26.5 Å². The molecule has 1 aliphatic heterocycles. The zero-order chi connectivity index (χ0) is 19.4. The lowest BCUT2D eigenvalue weighted by atomic mass is 10.2. The Bertz CT molecular complexity index is 759. The highest BCUT2D eigenvalue weighted by Gasteiger charge is 2.23. The quantitative estimate of drug-likeness (QED) is 0.689. The van der Waals surface area contributed by atoms with E-state index in [9.17, 15) is 4.79 Å². The number of ether oxygens (including phenoxy) is 1. The van der Waals surface area contributed by atoms with Crippen molar-refractivity contribution < 1.29 is 9.53 Å². The Hall–Kier alpha value is -1.12.